The summed E-state index contributed by atoms with van der Waals surface area (Å²) in [6.45, 7) is 5.54. The van der Waals surface area contributed by atoms with Gasteiger partial charge in [0.05, 0.1) is 22.9 Å². The molecule has 6 heteroatoms. The van der Waals surface area contributed by atoms with Crippen LogP contribution < -0.4 is 4.90 Å². The van der Waals surface area contributed by atoms with Crippen molar-refractivity contribution in [2.45, 2.75) is 38.4 Å². The van der Waals surface area contributed by atoms with Crippen LogP contribution in [0.3, 0.4) is 0 Å². The zero-order valence-electron chi connectivity index (χ0n) is 17.6. The Balaban J connectivity index is 1.69. The summed E-state index contributed by atoms with van der Waals surface area (Å²) in [6, 6.07) is 13.5. The van der Waals surface area contributed by atoms with Crippen molar-refractivity contribution in [3.63, 3.8) is 0 Å². The van der Waals surface area contributed by atoms with E-state index in [9.17, 15) is 14.4 Å². The predicted molar refractivity (Wildman–Crippen MR) is 120 cm³/mol. The lowest BCUT2D eigenvalue weighted by Gasteiger charge is -2.38. The number of likely N-dealkylation sites (tertiary alicyclic amines) is 1. The van der Waals surface area contributed by atoms with Gasteiger partial charge in [-0.2, -0.15) is 0 Å². The molecule has 0 spiro atoms. The van der Waals surface area contributed by atoms with E-state index in [4.69, 9.17) is 11.6 Å². The molecule has 5 rings (SSSR count). The lowest BCUT2D eigenvalue weighted by atomic mass is 9.86. The van der Waals surface area contributed by atoms with Crippen molar-refractivity contribution in [1.29, 1.82) is 0 Å². The van der Waals surface area contributed by atoms with Gasteiger partial charge in [0.25, 0.3) is 0 Å². The molecule has 0 saturated carbocycles. The SMILES string of the molecule is CC(C)(C)N1C(=O)[C@@H]2[C@H](C1=O)[C@H](C(=O)c1ccccc1Cl)N1c3ccccc3C=C[C@H]21. The van der Waals surface area contributed by atoms with Gasteiger partial charge in [0.1, 0.15) is 6.04 Å². The number of ketones is 1. The Hall–Kier alpha value is -2.92. The van der Waals surface area contributed by atoms with Gasteiger partial charge in [-0.25, -0.2) is 0 Å². The molecule has 158 valence electrons. The first-order valence-electron chi connectivity index (χ1n) is 10.4. The maximum absolute atomic E-state index is 13.9. The lowest BCUT2D eigenvalue weighted by molar-refractivity contribution is -0.145. The average molecular weight is 435 g/mol. The summed E-state index contributed by atoms with van der Waals surface area (Å²) >= 11 is 6.37. The largest absolute Gasteiger partial charge is 0.352 e. The Morgan fingerprint density at radius 3 is 2.29 bits per heavy atom. The Morgan fingerprint density at radius 1 is 0.935 bits per heavy atom. The van der Waals surface area contributed by atoms with Gasteiger partial charge >= 0.3 is 0 Å². The fourth-order valence-electron chi connectivity index (χ4n) is 5.30. The smallest absolute Gasteiger partial charge is 0.236 e. The third-order valence-corrected chi connectivity index (χ3v) is 6.82. The number of halogens is 1. The molecular weight excluding hydrogens is 412 g/mol. The van der Waals surface area contributed by atoms with E-state index >= 15 is 0 Å². The zero-order chi connectivity index (χ0) is 22.1. The van der Waals surface area contributed by atoms with Crippen LogP contribution in [0.2, 0.25) is 5.02 Å². The molecule has 2 amide bonds. The summed E-state index contributed by atoms with van der Waals surface area (Å²) in [5.41, 5.74) is 1.54. The maximum Gasteiger partial charge on any atom is 0.236 e. The highest BCUT2D eigenvalue weighted by molar-refractivity contribution is 6.34. The predicted octanol–water partition coefficient (Wildman–Crippen LogP) is 4.21. The summed E-state index contributed by atoms with van der Waals surface area (Å²) in [5.74, 6) is -2.08. The second-order valence-corrected chi connectivity index (χ2v) is 9.75. The molecular formula is C25H23ClN2O3. The van der Waals surface area contributed by atoms with Gasteiger partial charge in [-0.05, 0) is 44.5 Å². The number of fused-ring (bicyclic) bond motifs is 5. The molecule has 31 heavy (non-hydrogen) atoms. The quantitative estimate of drug-likeness (QED) is 0.525. The van der Waals surface area contributed by atoms with Gasteiger partial charge < -0.3 is 4.90 Å². The van der Waals surface area contributed by atoms with E-state index in [-0.39, 0.29) is 23.6 Å². The number of carbonyl (C=O) groups is 3. The van der Waals surface area contributed by atoms with Crippen molar-refractivity contribution in [1.82, 2.24) is 4.90 Å². The Kier molecular flexibility index (Phi) is 4.38. The molecule has 0 unspecified atom stereocenters. The van der Waals surface area contributed by atoms with Crippen molar-refractivity contribution in [3.05, 3.63) is 70.8 Å². The molecule has 2 aromatic carbocycles. The van der Waals surface area contributed by atoms with Crippen molar-refractivity contribution in [2.24, 2.45) is 11.8 Å². The number of Topliss-reactive ketones (excluding diaryl/α,β-unsaturated/α-hetero) is 1. The molecule has 0 bridgehead atoms. The van der Waals surface area contributed by atoms with Crippen molar-refractivity contribution < 1.29 is 14.4 Å². The van der Waals surface area contributed by atoms with Crippen LogP contribution in [-0.4, -0.2) is 40.1 Å². The van der Waals surface area contributed by atoms with Crippen LogP contribution in [0.25, 0.3) is 6.08 Å². The van der Waals surface area contributed by atoms with Crippen LogP contribution in [0.5, 0.6) is 0 Å². The summed E-state index contributed by atoms with van der Waals surface area (Å²) in [6.07, 6.45) is 3.94. The van der Waals surface area contributed by atoms with Gasteiger partial charge in [0.2, 0.25) is 11.8 Å². The van der Waals surface area contributed by atoms with Crippen LogP contribution in [0, 0.1) is 11.8 Å². The summed E-state index contributed by atoms with van der Waals surface area (Å²) in [7, 11) is 0. The standard InChI is InChI=1S/C25H23ClN2O3/c1-25(2,3)28-23(30)19-18-13-12-14-8-4-7-11-17(14)27(18)21(20(19)24(28)31)22(29)15-9-5-6-10-16(15)26/h4-13,18-21H,1-3H3/t18-,19+,20+,21-/m1/s1. The van der Waals surface area contributed by atoms with E-state index in [1.165, 1.54) is 4.90 Å². The van der Waals surface area contributed by atoms with Crippen LogP contribution in [-0.2, 0) is 9.59 Å². The Labute approximate surface area is 186 Å². The fraction of sp³-hybridized carbons (Fsp3) is 0.320. The average Bonchev–Trinajstić information content (AvgIpc) is 3.20. The van der Waals surface area contributed by atoms with E-state index in [1.54, 1.807) is 24.3 Å². The lowest BCUT2D eigenvalue weighted by Crippen LogP contribution is -2.52. The minimum atomic E-state index is -0.801. The minimum Gasteiger partial charge on any atom is -0.352 e. The number of carbonyl (C=O) groups excluding carboxylic acids is 3. The number of amides is 2. The zero-order valence-corrected chi connectivity index (χ0v) is 18.3. The maximum atomic E-state index is 13.9. The van der Waals surface area contributed by atoms with Gasteiger partial charge in [-0.15, -0.1) is 0 Å². The molecule has 5 nitrogen and oxygen atoms in total. The van der Waals surface area contributed by atoms with Crippen molar-refractivity contribution in [2.75, 3.05) is 4.90 Å². The number of anilines is 1. The van der Waals surface area contributed by atoms with Crippen LogP contribution in [0.4, 0.5) is 5.69 Å². The molecule has 0 N–H and O–H groups in total. The topological polar surface area (TPSA) is 57.7 Å². The number of rotatable bonds is 2. The molecule has 3 aliphatic heterocycles. The highest BCUT2D eigenvalue weighted by Gasteiger charge is 2.65. The number of imide groups is 1. The van der Waals surface area contributed by atoms with E-state index in [0.717, 1.165) is 11.3 Å². The molecule has 2 saturated heterocycles. The van der Waals surface area contributed by atoms with E-state index in [0.29, 0.717) is 10.6 Å². The number of para-hydroxylation sites is 1. The second-order valence-electron chi connectivity index (χ2n) is 9.34. The molecule has 3 heterocycles. The van der Waals surface area contributed by atoms with Crippen LogP contribution >= 0.6 is 11.6 Å². The van der Waals surface area contributed by atoms with Gasteiger partial charge in [0, 0.05) is 16.8 Å². The summed E-state index contributed by atoms with van der Waals surface area (Å²) in [5, 5.41) is 0.345. The third kappa shape index (κ3) is 2.79. The highest BCUT2D eigenvalue weighted by atomic mass is 35.5. The monoisotopic (exact) mass is 434 g/mol. The first kappa shape index (κ1) is 20.0. The molecule has 0 aliphatic carbocycles. The summed E-state index contributed by atoms with van der Waals surface area (Å²) < 4.78 is 0. The van der Waals surface area contributed by atoms with Gasteiger partial charge in [-0.3, -0.25) is 19.3 Å². The van der Waals surface area contributed by atoms with E-state index < -0.39 is 23.4 Å². The van der Waals surface area contributed by atoms with Crippen LogP contribution in [0.1, 0.15) is 36.7 Å². The van der Waals surface area contributed by atoms with E-state index in [2.05, 4.69) is 0 Å². The second kappa shape index (κ2) is 6.79. The summed E-state index contributed by atoms with van der Waals surface area (Å²) in [4.78, 5) is 44.3. The third-order valence-electron chi connectivity index (χ3n) is 6.49. The molecule has 3 aliphatic rings. The number of benzene rings is 2. The molecule has 0 aromatic heterocycles. The molecule has 0 radical (unpaired) electrons. The first-order valence-corrected chi connectivity index (χ1v) is 10.8. The number of hydrogen-bond donors (Lipinski definition) is 0. The first-order chi connectivity index (χ1) is 14.7. The van der Waals surface area contributed by atoms with E-state index in [1.807, 2.05) is 62.1 Å². The number of hydrogen-bond acceptors (Lipinski definition) is 4. The van der Waals surface area contributed by atoms with Crippen molar-refractivity contribution >= 4 is 41.0 Å². The molecule has 2 fully saturated rings. The Morgan fingerprint density at radius 2 is 1.58 bits per heavy atom. The van der Waals surface area contributed by atoms with Gasteiger partial charge in [-0.1, -0.05) is 54.1 Å². The molecule has 2 aromatic rings. The highest BCUT2D eigenvalue weighted by Crippen LogP contribution is 2.50. The fourth-order valence-corrected chi connectivity index (χ4v) is 5.52. The normalized spacial score (nSPS) is 26.7. The minimum absolute atomic E-state index is 0.212. The Bertz CT molecular complexity index is 1150. The van der Waals surface area contributed by atoms with Crippen LogP contribution in [0.15, 0.2) is 54.6 Å². The number of nitrogens with zero attached hydrogens (tertiary/aromatic N) is 2. The van der Waals surface area contributed by atoms with Crippen molar-refractivity contribution in [3.8, 4) is 0 Å². The molecule has 4 atom stereocenters. The van der Waals surface area contributed by atoms with Gasteiger partial charge in [0.15, 0.2) is 5.78 Å².